The number of ketones is 2. The third-order valence-corrected chi connectivity index (χ3v) is 2.08. The molecule has 0 saturated heterocycles. The van der Waals surface area contributed by atoms with Gasteiger partial charge < -0.3 is 14.2 Å². The van der Waals surface area contributed by atoms with Crippen molar-refractivity contribution < 1.29 is 28.6 Å². The van der Waals surface area contributed by atoms with Gasteiger partial charge in [0.2, 0.25) is 12.1 Å². The molecule has 0 fully saturated rings. The summed E-state index contributed by atoms with van der Waals surface area (Å²) in [5.41, 5.74) is 0. The summed E-state index contributed by atoms with van der Waals surface area (Å²) in [5, 5.41) is 0. The van der Waals surface area contributed by atoms with Crippen LogP contribution in [0.1, 0.15) is 20.8 Å². The van der Waals surface area contributed by atoms with Gasteiger partial charge >= 0.3 is 5.97 Å². The van der Waals surface area contributed by atoms with Gasteiger partial charge in [-0.25, -0.2) is 4.79 Å². The first-order chi connectivity index (χ1) is 7.99. The Morgan fingerprint density at radius 1 is 1.06 bits per heavy atom. The van der Waals surface area contributed by atoms with Crippen LogP contribution in [0.2, 0.25) is 0 Å². The van der Waals surface area contributed by atoms with Crippen LogP contribution in [0.5, 0.6) is 0 Å². The number of hydrogen-bond donors (Lipinski definition) is 0. The highest BCUT2D eigenvalue weighted by Gasteiger charge is 2.33. The van der Waals surface area contributed by atoms with E-state index in [0.29, 0.717) is 0 Å². The lowest BCUT2D eigenvalue weighted by Gasteiger charge is -2.18. The van der Waals surface area contributed by atoms with Crippen molar-refractivity contribution in [3.05, 3.63) is 0 Å². The van der Waals surface area contributed by atoms with Crippen LogP contribution in [0.15, 0.2) is 0 Å². The van der Waals surface area contributed by atoms with Crippen molar-refractivity contribution >= 4 is 17.5 Å². The summed E-state index contributed by atoms with van der Waals surface area (Å²) in [4.78, 5) is 34.2. The number of hydrogen-bond acceptors (Lipinski definition) is 6. The molecule has 0 bridgehead atoms. The first-order valence-electron chi connectivity index (χ1n) is 5.38. The minimum absolute atomic E-state index is 0.273. The quantitative estimate of drug-likeness (QED) is 0.266. The summed E-state index contributed by atoms with van der Waals surface area (Å²) in [6.45, 7) is 5.27. The SMILES string of the molecule is CCOC(OCC)C(=O)C(C)C(=O)C(=O)OC. The van der Waals surface area contributed by atoms with Gasteiger partial charge in [-0.3, -0.25) is 9.59 Å². The zero-order valence-corrected chi connectivity index (χ0v) is 10.5. The number of carbonyl (C=O) groups is 3. The number of esters is 1. The molecule has 0 spiro atoms. The molecule has 0 aliphatic heterocycles. The molecule has 0 aromatic carbocycles. The minimum Gasteiger partial charge on any atom is -0.463 e. The van der Waals surface area contributed by atoms with Crippen LogP contribution in [-0.4, -0.2) is 44.1 Å². The summed E-state index contributed by atoms with van der Waals surface area (Å²) in [6, 6.07) is 0. The van der Waals surface area contributed by atoms with Crippen LogP contribution >= 0.6 is 0 Å². The van der Waals surface area contributed by atoms with E-state index in [1.807, 2.05) is 0 Å². The van der Waals surface area contributed by atoms with Crippen molar-refractivity contribution in [2.45, 2.75) is 27.1 Å². The first-order valence-corrected chi connectivity index (χ1v) is 5.38. The fourth-order valence-corrected chi connectivity index (χ4v) is 1.13. The fraction of sp³-hybridized carbons (Fsp3) is 0.727. The molecular weight excluding hydrogens is 228 g/mol. The first kappa shape index (κ1) is 15.7. The molecule has 6 heteroatoms. The van der Waals surface area contributed by atoms with Gasteiger partial charge in [-0.15, -0.1) is 0 Å². The highest BCUT2D eigenvalue weighted by Crippen LogP contribution is 2.08. The summed E-state index contributed by atoms with van der Waals surface area (Å²) < 4.78 is 14.4. The van der Waals surface area contributed by atoms with Gasteiger partial charge in [0.1, 0.15) is 0 Å². The number of methoxy groups -OCH3 is 1. The van der Waals surface area contributed by atoms with Gasteiger partial charge in [0.25, 0.3) is 0 Å². The average Bonchev–Trinajstić information content (AvgIpc) is 2.34. The van der Waals surface area contributed by atoms with Gasteiger partial charge in [-0.1, -0.05) is 0 Å². The minimum atomic E-state index is -1.13. The molecule has 6 nitrogen and oxygen atoms in total. The Hall–Kier alpha value is -1.27. The van der Waals surface area contributed by atoms with E-state index in [0.717, 1.165) is 7.11 Å². The van der Waals surface area contributed by atoms with E-state index in [-0.39, 0.29) is 13.2 Å². The molecule has 0 aromatic heterocycles. The highest BCUT2D eigenvalue weighted by atomic mass is 16.7. The molecule has 0 aromatic rings. The molecule has 0 radical (unpaired) electrons. The molecule has 0 saturated carbocycles. The van der Waals surface area contributed by atoms with E-state index in [2.05, 4.69) is 4.74 Å². The third kappa shape index (κ3) is 4.62. The van der Waals surface area contributed by atoms with Crippen LogP contribution in [0, 0.1) is 5.92 Å². The Balaban J connectivity index is 4.64. The lowest BCUT2D eigenvalue weighted by molar-refractivity contribution is -0.174. The van der Waals surface area contributed by atoms with E-state index in [1.54, 1.807) is 13.8 Å². The van der Waals surface area contributed by atoms with Crippen molar-refractivity contribution in [1.29, 1.82) is 0 Å². The molecular formula is C11H18O6. The fourth-order valence-electron chi connectivity index (χ4n) is 1.13. The van der Waals surface area contributed by atoms with Gasteiger partial charge in [-0.05, 0) is 20.8 Å². The lowest BCUT2D eigenvalue weighted by atomic mass is 10.0. The highest BCUT2D eigenvalue weighted by molar-refractivity contribution is 6.38. The maximum Gasteiger partial charge on any atom is 0.375 e. The average molecular weight is 246 g/mol. The maximum absolute atomic E-state index is 11.8. The summed E-state index contributed by atoms with van der Waals surface area (Å²) >= 11 is 0. The van der Waals surface area contributed by atoms with Gasteiger partial charge in [0, 0.05) is 13.2 Å². The second-order valence-corrected chi connectivity index (χ2v) is 3.22. The number of carbonyl (C=O) groups excluding carboxylic acids is 3. The monoisotopic (exact) mass is 246 g/mol. The van der Waals surface area contributed by atoms with Crippen LogP contribution in [0.3, 0.4) is 0 Å². The number of Topliss-reactive ketones (excluding diaryl/α,β-unsaturated/α-hetero) is 2. The van der Waals surface area contributed by atoms with Crippen LogP contribution in [-0.2, 0) is 28.6 Å². The zero-order chi connectivity index (χ0) is 13.4. The van der Waals surface area contributed by atoms with E-state index in [4.69, 9.17) is 9.47 Å². The Bertz CT molecular complexity index is 280. The topological polar surface area (TPSA) is 78.9 Å². The predicted molar refractivity (Wildman–Crippen MR) is 58.2 cm³/mol. The Morgan fingerprint density at radius 3 is 1.88 bits per heavy atom. The van der Waals surface area contributed by atoms with Crippen LogP contribution in [0.25, 0.3) is 0 Å². The maximum atomic E-state index is 11.8. The van der Waals surface area contributed by atoms with Crippen LogP contribution < -0.4 is 0 Å². The molecule has 98 valence electrons. The predicted octanol–water partition coefficient (Wildman–Crippen LogP) is 0.333. The molecule has 1 atom stereocenters. The van der Waals surface area contributed by atoms with E-state index >= 15 is 0 Å². The third-order valence-electron chi connectivity index (χ3n) is 2.08. The molecule has 0 amide bonds. The standard InChI is InChI=1S/C11H18O6/c1-5-16-11(17-6-2)9(13)7(3)8(12)10(14)15-4/h7,11H,5-6H2,1-4H3. The summed E-state index contributed by atoms with van der Waals surface area (Å²) in [6.07, 6.45) is -1.12. The molecule has 1 unspecified atom stereocenters. The van der Waals surface area contributed by atoms with Crippen LogP contribution in [0.4, 0.5) is 0 Å². The van der Waals surface area contributed by atoms with Crippen molar-refractivity contribution in [3.8, 4) is 0 Å². The molecule has 0 N–H and O–H groups in total. The molecule has 0 aliphatic rings. The number of rotatable bonds is 8. The Kier molecular flexibility index (Phi) is 7.32. The number of ether oxygens (including phenoxy) is 3. The largest absolute Gasteiger partial charge is 0.463 e. The smallest absolute Gasteiger partial charge is 0.375 e. The van der Waals surface area contributed by atoms with Crippen molar-refractivity contribution in [3.63, 3.8) is 0 Å². The lowest BCUT2D eigenvalue weighted by Crippen LogP contribution is -2.38. The second kappa shape index (κ2) is 7.92. The van der Waals surface area contributed by atoms with Gasteiger partial charge in [0.15, 0.2) is 5.78 Å². The van der Waals surface area contributed by atoms with Gasteiger partial charge in [0.05, 0.1) is 13.0 Å². The van der Waals surface area contributed by atoms with E-state index in [9.17, 15) is 14.4 Å². The Morgan fingerprint density at radius 2 is 1.53 bits per heavy atom. The zero-order valence-electron chi connectivity index (χ0n) is 10.5. The molecule has 0 heterocycles. The van der Waals surface area contributed by atoms with Crippen molar-refractivity contribution in [2.75, 3.05) is 20.3 Å². The van der Waals surface area contributed by atoms with Crippen molar-refractivity contribution in [2.24, 2.45) is 5.92 Å². The van der Waals surface area contributed by atoms with Gasteiger partial charge in [-0.2, -0.15) is 0 Å². The molecule has 0 aliphatic carbocycles. The second-order valence-electron chi connectivity index (χ2n) is 3.22. The normalized spacial score (nSPS) is 12.3. The van der Waals surface area contributed by atoms with E-state index < -0.39 is 29.7 Å². The molecule has 17 heavy (non-hydrogen) atoms. The Labute approximate surface area is 100 Å². The molecule has 0 rings (SSSR count). The van der Waals surface area contributed by atoms with Crippen molar-refractivity contribution in [1.82, 2.24) is 0 Å². The summed E-state index contributed by atoms with van der Waals surface area (Å²) in [7, 11) is 1.08. The summed E-state index contributed by atoms with van der Waals surface area (Å²) in [5.74, 6) is -3.66. The van der Waals surface area contributed by atoms with E-state index in [1.165, 1.54) is 6.92 Å².